The molecule has 19 heavy (non-hydrogen) atoms. The van der Waals surface area contributed by atoms with Crippen molar-refractivity contribution >= 4 is 5.91 Å². The summed E-state index contributed by atoms with van der Waals surface area (Å²) in [5.41, 5.74) is 3.67. The summed E-state index contributed by atoms with van der Waals surface area (Å²) in [6.45, 7) is 4.81. The zero-order chi connectivity index (χ0) is 13.7. The molecular formula is C14H21N2O3+. The number of amides is 1. The molecule has 1 aromatic rings. The zero-order valence-electron chi connectivity index (χ0n) is 11.2. The molecule has 0 saturated carbocycles. The molecule has 1 amide bonds. The Morgan fingerprint density at radius 3 is 2.58 bits per heavy atom. The Bertz CT molecular complexity index is 414. The van der Waals surface area contributed by atoms with E-state index in [-0.39, 0.29) is 5.91 Å². The number of hydrogen-bond donors (Lipinski definition) is 2. The van der Waals surface area contributed by atoms with Crippen LogP contribution < -0.4 is 5.43 Å². The van der Waals surface area contributed by atoms with Gasteiger partial charge in [0.2, 0.25) is 0 Å². The van der Waals surface area contributed by atoms with Crippen molar-refractivity contribution in [3.8, 4) is 0 Å². The predicted octanol–water partition coefficient (Wildman–Crippen LogP) is 0.559. The molecule has 0 spiro atoms. The van der Waals surface area contributed by atoms with Crippen LogP contribution in [0.1, 0.15) is 17.3 Å². The predicted molar refractivity (Wildman–Crippen MR) is 71.3 cm³/mol. The third-order valence-electron chi connectivity index (χ3n) is 3.32. The maximum atomic E-state index is 12.3. The van der Waals surface area contributed by atoms with Crippen LogP contribution in [0.4, 0.5) is 0 Å². The first-order valence-electron chi connectivity index (χ1n) is 6.61. The molecule has 0 bridgehead atoms. The van der Waals surface area contributed by atoms with Crippen LogP contribution in [0.25, 0.3) is 0 Å². The fourth-order valence-corrected chi connectivity index (χ4v) is 2.41. The first kappa shape index (κ1) is 14.0. The van der Waals surface area contributed by atoms with E-state index in [1.54, 1.807) is 19.1 Å². The second-order valence-corrected chi connectivity index (χ2v) is 5.04. The number of carbonyl (C=O) groups excluding carboxylic acids is 1. The highest BCUT2D eigenvalue weighted by atomic mass is 16.5. The Morgan fingerprint density at radius 1 is 1.37 bits per heavy atom. The lowest BCUT2D eigenvalue weighted by molar-refractivity contribution is -0.969. The van der Waals surface area contributed by atoms with Crippen molar-refractivity contribution in [1.29, 1.82) is 0 Å². The smallest absolute Gasteiger partial charge is 0.295 e. The van der Waals surface area contributed by atoms with Gasteiger partial charge in [-0.3, -0.25) is 4.79 Å². The van der Waals surface area contributed by atoms with Gasteiger partial charge in [-0.2, -0.15) is 5.43 Å². The van der Waals surface area contributed by atoms with Crippen molar-refractivity contribution in [2.45, 2.75) is 13.0 Å². The van der Waals surface area contributed by atoms with Crippen LogP contribution in [0.5, 0.6) is 0 Å². The number of aliphatic hydroxyl groups excluding tert-OH is 1. The number of hydrogen-bond acceptors (Lipinski definition) is 3. The fourth-order valence-electron chi connectivity index (χ4n) is 2.41. The van der Waals surface area contributed by atoms with Gasteiger partial charge >= 0.3 is 0 Å². The van der Waals surface area contributed by atoms with Crippen molar-refractivity contribution in [2.24, 2.45) is 0 Å². The second-order valence-electron chi connectivity index (χ2n) is 5.04. The number of ether oxygens (including phenoxy) is 1. The molecule has 1 aromatic carbocycles. The Morgan fingerprint density at radius 2 is 2.00 bits per heavy atom. The molecule has 1 saturated heterocycles. The van der Waals surface area contributed by atoms with E-state index in [9.17, 15) is 9.90 Å². The number of rotatable bonds is 4. The number of aliphatic hydroxyl groups is 1. The minimum atomic E-state index is -0.464. The van der Waals surface area contributed by atoms with E-state index < -0.39 is 6.10 Å². The summed E-state index contributed by atoms with van der Waals surface area (Å²) in [7, 11) is 0. The highest BCUT2D eigenvalue weighted by molar-refractivity contribution is 5.93. The summed E-state index contributed by atoms with van der Waals surface area (Å²) in [5.74, 6) is -0.108. The molecule has 1 unspecified atom stereocenters. The minimum absolute atomic E-state index is 0.108. The summed E-state index contributed by atoms with van der Waals surface area (Å²) in [4.78, 5) is 12.3. The Labute approximate surface area is 113 Å². The lowest BCUT2D eigenvalue weighted by atomic mass is 10.2. The summed E-state index contributed by atoms with van der Waals surface area (Å²) < 4.78 is 5.73. The van der Waals surface area contributed by atoms with Gasteiger partial charge in [-0.25, -0.2) is 4.59 Å². The van der Waals surface area contributed by atoms with E-state index >= 15 is 0 Å². The van der Waals surface area contributed by atoms with Crippen LogP contribution in [0, 0.1) is 0 Å². The Balaban J connectivity index is 2.09. The van der Waals surface area contributed by atoms with Gasteiger partial charge in [-0.15, -0.1) is 0 Å². The summed E-state index contributed by atoms with van der Waals surface area (Å²) in [6.07, 6.45) is -0.464. The molecule has 0 aromatic heterocycles. The van der Waals surface area contributed by atoms with E-state index in [1.807, 2.05) is 18.2 Å². The SMILES string of the molecule is CC(O)C[N+]1(NC(=O)c2ccccc2)CCOCC1. The second kappa shape index (κ2) is 6.14. The third kappa shape index (κ3) is 3.76. The number of nitrogens with zero attached hydrogens (tertiary/aromatic N) is 1. The molecule has 1 heterocycles. The van der Waals surface area contributed by atoms with Crippen molar-refractivity contribution in [3.05, 3.63) is 35.9 Å². The van der Waals surface area contributed by atoms with Crippen molar-refractivity contribution in [2.75, 3.05) is 32.8 Å². The van der Waals surface area contributed by atoms with Crippen LogP contribution >= 0.6 is 0 Å². The van der Waals surface area contributed by atoms with Gasteiger partial charge in [-0.1, -0.05) is 18.2 Å². The van der Waals surface area contributed by atoms with E-state index in [1.165, 1.54) is 0 Å². The van der Waals surface area contributed by atoms with Gasteiger partial charge in [0.05, 0.1) is 13.2 Å². The molecule has 1 aliphatic rings. The number of quaternary nitrogens is 1. The molecule has 5 heteroatoms. The van der Waals surface area contributed by atoms with Crippen molar-refractivity contribution in [3.63, 3.8) is 0 Å². The molecule has 2 N–H and O–H groups in total. The number of benzene rings is 1. The van der Waals surface area contributed by atoms with Crippen LogP contribution in [-0.4, -0.2) is 54.6 Å². The molecule has 1 fully saturated rings. The van der Waals surface area contributed by atoms with Gasteiger partial charge < -0.3 is 9.84 Å². The van der Waals surface area contributed by atoms with E-state index in [0.717, 1.165) is 0 Å². The average molecular weight is 265 g/mol. The molecule has 104 valence electrons. The van der Waals surface area contributed by atoms with Crippen LogP contribution in [0.3, 0.4) is 0 Å². The third-order valence-corrected chi connectivity index (χ3v) is 3.32. The quantitative estimate of drug-likeness (QED) is 0.782. The van der Waals surface area contributed by atoms with Crippen molar-refractivity contribution in [1.82, 2.24) is 5.43 Å². The maximum absolute atomic E-state index is 12.3. The van der Waals surface area contributed by atoms with Gasteiger partial charge in [0.25, 0.3) is 5.91 Å². The Hall–Kier alpha value is -1.43. The first-order valence-corrected chi connectivity index (χ1v) is 6.61. The van der Waals surface area contributed by atoms with Crippen LogP contribution in [-0.2, 0) is 4.74 Å². The molecule has 5 nitrogen and oxygen atoms in total. The van der Waals surface area contributed by atoms with E-state index in [2.05, 4.69) is 5.43 Å². The van der Waals surface area contributed by atoms with E-state index in [0.29, 0.717) is 43.0 Å². The average Bonchev–Trinajstić information content (AvgIpc) is 2.39. The lowest BCUT2D eigenvalue weighted by Gasteiger charge is -2.40. The minimum Gasteiger partial charge on any atom is -0.387 e. The molecular weight excluding hydrogens is 244 g/mol. The largest absolute Gasteiger partial charge is 0.387 e. The van der Waals surface area contributed by atoms with Crippen molar-refractivity contribution < 1.29 is 19.2 Å². The maximum Gasteiger partial charge on any atom is 0.295 e. The molecule has 0 aliphatic carbocycles. The van der Waals surface area contributed by atoms with Gasteiger partial charge in [-0.05, 0) is 19.1 Å². The molecule has 2 rings (SSSR count). The normalized spacial score (nSPS) is 19.7. The zero-order valence-corrected chi connectivity index (χ0v) is 11.2. The van der Waals surface area contributed by atoms with Gasteiger partial charge in [0.15, 0.2) is 0 Å². The molecule has 0 radical (unpaired) electrons. The number of carbonyl (C=O) groups is 1. The van der Waals surface area contributed by atoms with E-state index in [4.69, 9.17) is 4.74 Å². The highest BCUT2D eigenvalue weighted by Crippen LogP contribution is 2.11. The van der Waals surface area contributed by atoms with Gasteiger partial charge in [0.1, 0.15) is 25.7 Å². The summed E-state index contributed by atoms with van der Waals surface area (Å²) in [5, 5.41) is 9.65. The highest BCUT2D eigenvalue weighted by Gasteiger charge is 2.34. The number of morpholine rings is 1. The fraction of sp³-hybridized carbons (Fsp3) is 0.500. The monoisotopic (exact) mass is 265 g/mol. The van der Waals surface area contributed by atoms with Gasteiger partial charge in [0, 0.05) is 5.56 Å². The summed E-state index contributed by atoms with van der Waals surface area (Å²) >= 11 is 0. The standard InChI is InChI=1S/C14H20N2O3/c1-12(17)11-16(7-9-19-10-8-16)15-14(18)13-5-3-2-4-6-13/h2-6,12,17H,7-11H2,1H3/p+1. The Kier molecular flexibility index (Phi) is 4.52. The number of nitrogens with one attached hydrogen (secondary N) is 1. The molecule has 1 aliphatic heterocycles. The first-order chi connectivity index (χ1) is 9.11. The lowest BCUT2D eigenvalue weighted by Crippen LogP contribution is -2.66. The topological polar surface area (TPSA) is 58.6 Å². The van der Waals surface area contributed by atoms with Crippen LogP contribution in [0.2, 0.25) is 0 Å². The molecule has 1 atom stereocenters. The summed E-state index contributed by atoms with van der Waals surface area (Å²) in [6, 6.07) is 9.13. The van der Waals surface area contributed by atoms with Crippen LogP contribution in [0.15, 0.2) is 30.3 Å².